The number of rotatable bonds is 4. The van der Waals surface area contributed by atoms with E-state index < -0.39 is 0 Å². The number of halogens is 1. The lowest BCUT2D eigenvalue weighted by Gasteiger charge is -2.31. The van der Waals surface area contributed by atoms with E-state index in [4.69, 9.17) is 11.6 Å². The molecule has 0 aliphatic carbocycles. The fourth-order valence-corrected chi connectivity index (χ4v) is 3.84. The molecule has 3 nitrogen and oxygen atoms in total. The lowest BCUT2D eigenvalue weighted by atomic mass is 9.99. The minimum atomic E-state index is 0.214. The van der Waals surface area contributed by atoms with E-state index >= 15 is 0 Å². The van der Waals surface area contributed by atoms with Crippen molar-refractivity contribution in [2.24, 2.45) is 0 Å². The molecule has 2 aliphatic heterocycles. The third kappa shape index (κ3) is 3.23. The highest BCUT2D eigenvalue weighted by molar-refractivity contribution is 6.30. The number of benzene rings is 2. The van der Waals surface area contributed by atoms with Crippen molar-refractivity contribution in [3.05, 3.63) is 89.1 Å². The Morgan fingerprint density at radius 1 is 1.08 bits per heavy atom. The van der Waals surface area contributed by atoms with Gasteiger partial charge in [-0.25, -0.2) is 0 Å². The molecule has 0 radical (unpaired) electrons. The molecule has 0 aromatic heterocycles. The standard InChI is InChI=1S/C21H22ClN3/c1-23-13-19-21(16-7-10-18(22)11-8-16)24-20-12-9-17(14-25(19)20)15-5-3-2-4-6-15/h2-12,14,19-21,23-24H,13H2,1H3. The molecular weight excluding hydrogens is 330 g/mol. The molecule has 0 amide bonds. The summed E-state index contributed by atoms with van der Waals surface area (Å²) < 4.78 is 0. The summed E-state index contributed by atoms with van der Waals surface area (Å²) in [6, 6.07) is 19.3. The minimum absolute atomic E-state index is 0.214. The first kappa shape index (κ1) is 16.4. The monoisotopic (exact) mass is 351 g/mol. The lowest BCUT2D eigenvalue weighted by molar-refractivity contribution is 0.291. The molecule has 4 rings (SSSR count). The highest BCUT2D eigenvalue weighted by atomic mass is 35.5. The molecule has 1 fully saturated rings. The summed E-state index contributed by atoms with van der Waals surface area (Å²) in [4.78, 5) is 2.43. The zero-order valence-electron chi connectivity index (χ0n) is 14.2. The van der Waals surface area contributed by atoms with Gasteiger partial charge in [-0.3, -0.25) is 5.32 Å². The predicted octanol–water partition coefficient (Wildman–Crippen LogP) is 3.81. The van der Waals surface area contributed by atoms with E-state index in [9.17, 15) is 0 Å². The number of allylic oxidation sites excluding steroid dienone is 2. The molecule has 0 bridgehead atoms. The first-order valence-electron chi connectivity index (χ1n) is 8.65. The first-order chi connectivity index (χ1) is 12.3. The number of nitrogens with one attached hydrogen (secondary N) is 2. The Kier molecular flexibility index (Phi) is 4.62. The van der Waals surface area contributed by atoms with Crippen LogP contribution >= 0.6 is 11.6 Å². The van der Waals surface area contributed by atoms with Crippen molar-refractivity contribution in [3.63, 3.8) is 0 Å². The van der Waals surface area contributed by atoms with Crippen molar-refractivity contribution in [3.8, 4) is 0 Å². The Balaban J connectivity index is 1.66. The number of fused-ring (bicyclic) bond motifs is 1. The van der Waals surface area contributed by atoms with Crippen molar-refractivity contribution < 1.29 is 0 Å². The predicted molar refractivity (Wildman–Crippen MR) is 104 cm³/mol. The molecule has 2 heterocycles. The maximum absolute atomic E-state index is 6.06. The molecule has 0 saturated carbocycles. The summed E-state index contributed by atoms with van der Waals surface area (Å²) in [6.07, 6.45) is 6.96. The largest absolute Gasteiger partial charge is 0.352 e. The van der Waals surface area contributed by atoms with E-state index in [0.717, 1.165) is 11.6 Å². The quantitative estimate of drug-likeness (QED) is 0.877. The third-order valence-electron chi connectivity index (χ3n) is 4.93. The number of hydrogen-bond donors (Lipinski definition) is 2. The van der Waals surface area contributed by atoms with E-state index in [1.165, 1.54) is 16.7 Å². The van der Waals surface area contributed by atoms with Crippen LogP contribution < -0.4 is 10.6 Å². The maximum Gasteiger partial charge on any atom is 0.0994 e. The molecule has 1 saturated heterocycles. The van der Waals surface area contributed by atoms with Gasteiger partial charge < -0.3 is 10.2 Å². The highest BCUT2D eigenvalue weighted by Crippen LogP contribution is 2.34. The van der Waals surface area contributed by atoms with Gasteiger partial charge >= 0.3 is 0 Å². The van der Waals surface area contributed by atoms with E-state index in [1.54, 1.807) is 0 Å². The van der Waals surface area contributed by atoms with Crippen LogP contribution in [0.1, 0.15) is 17.2 Å². The molecule has 128 valence electrons. The van der Waals surface area contributed by atoms with E-state index in [1.807, 2.05) is 19.2 Å². The zero-order valence-corrected chi connectivity index (χ0v) is 14.9. The number of likely N-dealkylation sites (N-methyl/N-ethyl adjacent to an activating group) is 1. The average molecular weight is 352 g/mol. The van der Waals surface area contributed by atoms with Gasteiger partial charge in [0.2, 0.25) is 0 Å². The van der Waals surface area contributed by atoms with Gasteiger partial charge in [0, 0.05) is 17.8 Å². The molecular formula is C21H22ClN3. The second kappa shape index (κ2) is 7.04. The Hall–Kier alpha value is -2.07. The summed E-state index contributed by atoms with van der Waals surface area (Å²) in [7, 11) is 2.01. The van der Waals surface area contributed by atoms with Crippen LogP contribution in [0.5, 0.6) is 0 Å². The second-order valence-corrected chi connectivity index (χ2v) is 6.96. The Labute approximate surface area is 154 Å². The normalized spacial score (nSPS) is 25.0. The highest BCUT2D eigenvalue weighted by Gasteiger charge is 2.39. The van der Waals surface area contributed by atoms with Gasteiger partial charge in [-0.2, -0.15) is 0 Å². The molecule has 0 spiro atoms. The molecule has 2 N–H and O–H groups in total. The Morgan fingerprint density at radius 2 is 1.84 bits per heavy atom. The van der Waals surface area contributed by atoms with Crippen molar-refractivity contribution in [1.82, 2.24) is 15.5 Å². The fraction of sp³-hybridized carbons (Fsp3) is 0.238. The maximum atomic E-state index is 6.06. The molecule has 2 aromatic carbocycles. The smallest absolute Gasteiger partial charge is 0.0994 e. The molecule has 3 atom stereocenters. The van der Waals surface area contributed by atoms with Gasteiger partial charge in [-0.05, 0) is 42.0 Å². The van der Waals surface area contributed by atoms with Crippen LogP contribution in [0.3, 0.4) is 0 Å². The van der Waals surface area contributed by atoms with Gasteiger partial charge in [0.25, 0.3) is 0 Å². The summed E-state index contributed by atoms with van der Waals surface area (Å²) in [5, 5.41) is 7.87. The van der Waals surface area contributed by atoms with Gasteiger partial charge in [-0.1, -0.05) is 60.1 Å². The van der Waals surface area contributed by atoms with Crippen molar-refractivity contribution in [2.45, 2.75) is 18.2 Å². The Morgan fingerprint density at radius 3 is 2.56 bits per heavy atom. The van der Waals surface area contributed by atoms with Crippen molar-refractivity contribution >= 4 is 17.2 Å². The zero-order chi connectivity index (χ0) is 17.2. The SMILES string of the molecule is CNCC1C(c2ccc(Cl)cc2)NC2C=CC(c3ccccc3)=CN21. The van der Waals surface area contributed by atoms with E-state index in [-0.39, 0.29) is 12.2 Å². The van der Waals surface area contributed by atoms with Crippen LogP contribution in [0.15, 0.2) is 72.9 Å². The van der Waals surface area contributed by atoms with Gasteiger partial charge in [0.15, 0.2) is 0 Å². The summed E-state index contributed by atoms with van der Waals surface area (Å²) in [5.74, 6) is 0. The lowest BCUT2D eigenvalue weighted by Crippen LogP contribution is -2.40. The van der Waals surface area contributed by atoms with Crippen LogP contribution in [-0.2, 0) is 0 Å². The van der Waals surface area contributed by atoms with Crippen LogP contribution in [-0.4, -0.2) is 30.7 Å². The second-order valence-electron chi connectivity index (χ2n) is 6.52. The molecule has 2 aromatic rings. The topological polar surface area (TPSA) is 27.3 Å². The first-order valence-corrected chi connectivity index (χ1v) is 9.03. The summed E-state index contributed by atoms with van der Waals surface area (Å²) in [5.41, 5.74) is 3.76. The van der Waals surface area contributed by atoms with Crippen LogP contribution in [0.25, 0.3) is 5.57 Å². The van der Waals surface area contributed by atoms with Crippen molar-refractivity contribution in [2.75, 3.05) is 13.6 Å². The molecule has 25 heavy (non-hydrogen) atoms. The minimum Gasteiger partial charge on any atom is -0.352 e. The molecule has 3 unspecified atom stereocenters. The number of nitrogens with zero attached hydrogens (tertiary/aromatic N) is 1. The van der Waals surface area contributed by atoms with Crippen LogP contribution in [0.2, 0.25) is 5.02 Å². The van der Waals surface area contributed by atoms with Crippen LogP contribution in [0.4, 0.5) is 0 Å². The third-order valence-corrected chi connectivity index (χ3v) is 5.19. The summed E-state index contributed by atoms with van der Waals surface area (Å²) in [6.45, 7) is 0.906. The van der Waals surface area contributed by atoms with Gasteiger partial charge in [-0.15, -0.1) is 0 Å². The fourth-order valence-electron chi connectivity index (χ4n) is 3.71. The van der Waals surface area contributed by atoms with Gasteiger partial charge in [0.05, 0.1) is 18.2 Å². The average Bonchev–Trinajstić information content (AvgIpc) is 3.01. The van der Waals surface area contributed by atoms with Crippen LogP contribution in [0, 0.1) is 0 Å². The molecule has 2 aliphatic rings. The van der Waals surface area contributed by atoms with Crippen molar-refractivity contribution in [1.29, 1.82) is 0 Å². The van der Waals surface area contributed by atoms with E-state index in [2.05, 4.69) is 76.4 Å². The van der Waals surface area contributed by atoms with Gasteiger partial charge in [0.1, 0.15) is 0 Å². The summed E-state index contributed by atoms with van der Waals surface area (Å²) >= 11 is 6.06. The molecule has 4 heteroatoms. The van der Waals surface area contributed by atoms with E-state index in [0.29, 0.717) is 6.04 Å². The Bertz CT molecular complexity index is 783. The number of hydrogen-bond acceptors (Lipinski definition) is 3.